The molecule has 2 aliphatic carbocycles. The van der Waals surface area contributed by atoms with Crippen molar-refractivity contribution >= 4 is 0 Å². The average molecular weight is 174 g/mol. The van der Waals surface area contributed by atoms with E-state index in [1.54, 1.807) is 0 Å². The molecule has 0 aromatic rings. The molecule has 0 unspecified atom stereocenters. The molecule has 2 nitrogen and oxygen atoms in total. The number of nitriles is 1. The quantitative estimate of drug-likeness (QED) is 0.612. The van der Waals surface area contributed by atoms with Gasteiger partial charge in [-0.15, -0.1) is 0 Å². The maximum absolute atomic E-state index is 9.03. The van der Waals surface area contributed by atoms with Crippen molar-refractivity contribution in [3.8, 4) is 6.07 Å². The molecule has 0 aromatic carbocycles. The van der Waals surface area contributed by atoms with Gasteiger partial charge in [0.1, 0.15) is 0 Å². The van der Waals surface area contributed by atoms with Crippen LogP contribution in [0.4, 0.5) is 0 Å². The van der Waals surface area contributed by atoms with Crippen LogP contribution in [0.3, 0.4) is 0 Å². The molecule has 1 spiro atoms. The largest absolute Gasteiger partial charge is 0.398 e. The summed E-state index contributed by atoms with van der Waals surface area (Å²) >= 11 is 0. The molecule has 0 amide bonds. The molecular formula is C11H14N2. The second-order valence-corrected chi connectivity index (χ2v) is 3.99. The van der Waals surface area contributed by atoms with Crippen molar-refractivity contribution in [2.75, 3.05) is 0 Å². The van der Waals surface area contributed by atoms with E-state index in [0.29, 0.717) is 5.70 Å². The number of allylic oxidation sites excluding steroid dienone is 3. The molecule has 2 N–H and O–H groups in total. The molecule has 1 saturated carbocycles. The highest BCUT2D eigenvalue weighted by Gasteiger charge is 2.37. The second-order valence-electron chi connectivity index (χ2n) is 3.99. The van der Waals surface area contributed by atoms with E-state index >= 15 is 0 Å². The van der Waals surface area contributed by atoms with Gasteiger partial charge in [-0.1, -0.05) is 25.3 Å². The number of nitrogens with zero attached hydrogens (tertiary/aromatic N) is 1. The van der Waals surface area contributed by atoms with Crippen molar-refractivity contribution in [1.29, 1.82) is 5.26 Å². The Balaban J connectivity index is 2.34. The third-order valence-corrected chi connectivity index (χ3v) is 3.23. The molecule has 2 rings (SSSR count). The summed E-state index contributed by atoms with van der Waals surface area (Å²) in [6, 6.07) is 2.27. The van der Waals surface area contributed by atoms with E-state index in [0.717, 1.165) is 18.4 Å². The number of rotatable bonds is 0. The maximum Gasteiger partial charge on any atom is 0.0978 e. The predicted octanol–water partition coefficient (Wildman–Crippen LogP) is 2.24. The number of nitrogens with two attached hydrogens (primary N) is 1. The Morgan fingerprint density at radius 2 is 2.00 bits per heavy atom. The van der Waals surface area contributed by atoms with Gasteiger partial charge in [-0.05, 0) is 18.9 Å². The van der Waals surface area contributed by atoms with Crippen LogP contribution in [0, 0.1) is 16.7 Å². The van der Waals surface area contributed by atoms with Crippen molar-refractivity contribution in [2.45, 2.75) is 32.1 Å². The first-order valence-electron chi connectivity index (χ1n) is 4.88. The highest BCUT2D eigenvalue weighted by molar-refractivity contribution is 5.47. The SMILES string of the molecule is N#CC1=C(N)C=CC12CCCCC2. The molecule has 0 heterocycles. The summed E-state index contributed by atoms with van der Waals surface area (Å²) in [5.74, 6) is 0. The van der Waals surface area contributed by atoms with Crippen molar-refractivity contribution in [2.24, 2.45) is 11.1 Å². The first-order chi connectivity index (χ1) is 6.28. The van der Waals surface area contributed by atoms with E-state index in [1.165, 1.54) is 19.3 Å². The minimum Gasteiger partial charge on any atom is -0.398 e. The monoisotopic (exact) mass is 174 g/mol. The van der Waals surface area contributed by atoms with Gasteiger partial charge in [0.25, 0.3) is 0 Å². The Kier molecular flexibility index (Phi) is 1.88. The molecule has 0 aromatic heterocycles. The van der Waals surface area contributed by atoms with Crippen molar-refractivity contribution < 1.29 is 0 Å². The van der Waals surface area contributed by atoms with Gasteiger partial charge in [0.2, 0.25) is 0 Å². The first kappa shape index (κ1) is 8.37. The second kappa shape index (κ2) is 2.92. The zero-order valence-corrected chi connectivity index (χ0v) is 7.71. The lowest BCUT2D eigenvalue weighted by atomic mass is 9.71. The Hall–Kier alpha value is -1.23. The summed E-state index contributed by atoms with van der Waals surface area (Å²) < 4.78 is 0. The summed E-state index contributed by atoms with van der Waals surface area (Å²) in [5.41, 5.74) is 7.29. The number of hydrogen-bond acceptors (Lipinski definition) is 2. The molecule has 13 heavy (non-hydrogen) atoms. The van der Waals surface area contributed by atoms with E-state index in [4.69, 9.17) is 11.0 Å². The van der Waals surface area contributed by atoms with Gasteiger partial charge in [0.15, 0.2) is 0 Å². The van der Waals surface area contributed by atoms with Crippen LogP contribution in [0.15, 0.2) is 23.4 Å². The third kappa shape index (κ3) is 1.16. The molecule has 0 atom stereocenters. The van der Waals surface area contributed by atoms with Gasteiger partial charge in [0, 0.05) is 11.1 Å². The third-order valence-electron chi connectivity index (χ3n) is 3.23. The lowest BCUT2D eigenvalue weighted by molar-refractivity contribution is 0.318. The highest BCUT2D eigenvalue weighted by atomic mass is 14.6. The van der Waals surface area contributed by atoms with E-state index in [2.05, 4.69) is 12.1 Å². The Morgan fingerprint density at radius 1 is 1.31 bits per heavy atom. The summed E-state index contributed by atoms with van der Waals surface area (Å²) in [6.07, 6.45) is 10.0. The Bertz CT molecular complexity index is 311. The van der Waals surface area contributed by atoms with E-state index in [-0.39, 0.29) is 5.41 Å². The van der Waals surface area contributed by atoms with Crippen LogP contribution in [0.5, 0.6) is 0 Å². The topological polar surface area (TPSA) is 49.8 Å². The van der Waals surface area contributed by atoms with Gasteiger partial charge >= 0.3 is 0 Å². The summed E-state index contributed by atoms with van der Waals surface area (Å²) in [7, 11) is 0. The van der Waals surface area contributed by atoms with Crippen LogP contribution in [0.25, 0.3) is 0 Å². The zero-order chi connectivity index (χ0) is 9.31. The molecular weight excluding hydrogens is 160 g/mol. The molecule has 2 aliphatic rings. The van der Waals surface area contributed by atoms with Crippen LogP contribution < -0.4 is 5.73 Å². The molecule has 0 bridgehead atoms. The molecule has 1 fully saturated rings. The van der Waals surface area contributed by atoms with Gasteiger partial charge in [-0.2, -0.15) is 5.26 Å². The van der Waals surface area contributed by atoms with E-state index in [9.17, 15) is 0 Å². The molecule has 0 radical (unpaired) electrons. The standard InChI is InChI=1S/C11H14N2/c12-8-9-10(13)4-7-11(9)5-2-1-3-6-11/h4,7H,1-3,5-6,13H2. The van der Waals surface area contributed by atoms with Crippen molar-refractivity contribution in [3.05, 3.63) is 23.4 Å². The molecule has 0 saturated heterocycles. The lowest BCUT2D eigenvalue weighted by Gasteiger charge is -2.31. The summed E-state index contributed by atoms with van der Waals surface area (Å²) in [6.45, 7) is 0. The highest BCUT2D eigenvalue weighted by Crippen LogP contribution is 2.47. The average Bonchev–Trinajstić information content (AvgIpc) is 2.45. The van der Waals surface area contributed by atoms with E-state index in [1.807, 2.05) is 6.08 Å². The molecule has 68 valence electrons. The number of hydrogen-bond donors (Lipinski definition) is 1. The normalized spacial score (nSPS) is 25.2. The van der Waals surface area contributed by atoms with Gasteiger partial charge in [-0.25, -0.2) is 0 Å². The fraction of sp³-hybridized carbons (Fsp3) is 0.545. The zero-order valence-electron chi connectivity index (χ0n) is 7.71. The first-order valence-corrected chi connectivity index (χ1v) is 4.88. The van der Waals surface area contributed by atoms with Crippen LogP contribution in [0.1, 0.15) is 32.1 Å². The van der Waals surface area contributed by atoms with Crippen LogP contribution >= 0.6 is 0 Å². The summed E-state index contributed by atoms with van der Waals surface area (Å²) in [5, 5.41) is 9.03. The Morgan fingerprint density at radius 3 is 2.62 bits per heavy atom. The fourth-order valence-corrected chi connectivity index (χ4v) is 2.48. The molecule has 0 aliphatic heterocycles. The minimum absolute atomic E-state index is 0.0249. The predicted molar refractivity (Wildman–Crippen MR) is 51.5 cm³/mol. The van der Waals surface area contributed by atoms with Gasteiger partial charge < -0.3 is 5.73 Å². The Labute approximate surface area is 78.7 Å². The van der Waals surface area contributed by atoms with Crippen LogP contribution in [-0.4, -0.2) is 0 Å². The fourth-order valence-electron chi connectivity index (χ4n) is 2.48. The van der Waals surface area contributed by atoms with Crippen molar-refractivity contribution in [3.63, 3.8) is 0 Å². The van der Waals surface area contributed by atoms with Crippen LogP contribution in [0.2, 0.25) is 0 Å². The van der Waals surface area contributed by atoms with Gasteiger partial charge in [-0.3, -0.25) is 0 Å². The van der Waals surface area contributed by atoms with Gasteiger partial charge in [0.05, 0.1) is 11.6 Å². The maximum atomic E-state index is 9.03. The minimum atomic E-state index is 0.0249. The smallest absolute Gasteiger partial charge is 0.0978 e. The summed E-state index contributed by atoms with van der Waals surface area (Å²) in [4.78, 5) is 0. The van der Waals surface area contributed by atoms with E-state index < -0.39 is 0 Å². The van der Waals surface area contributed by atoms with Crippen molar-refractivity contribution in [1.82, 2.24) is 0 Å². The van der Waals surface area contributed by atoms with Crippen LogP contribution in [-0.2, 0) is 0 Å². The molecule has 2 heteroatoms. The lowest BCUT2D eigenvalue weighted by Crippen LogP contribution is -2.22.